The lowest BCUT2D eigenvalue weighted by Gasteiger charge is -2.27. The van der Waals surface area contributed by atoms with Crippen LogP contribution in [0, 0.1) is 19.7 Å². The molecule has 40 heavy (non-hydrogen) atoms. The van der Waals surface area contributed by atoms with E-state index in [-0.39, 0.29) is 34.6 Å². The summed E-state index contributed by atoms with van der Waals surface area (Å²) in [6.45, 7) is 4.64. The number of nitrogens with one attached hydrogen (secondary N) is 3. The van der Waals surface area contributed by atoms with Gasteiger partial charge in [0, 0.05) is 23.2 Å². The van der Waals surface area contributed by atoms with E-state index in [1.165, 1.54) is 43.5 Å². The van der Waals surface area contributed by atoms with Gasteiger partial charge in [-0.25, -0.2) is 4.39 Å². The molecule has 2 atom stereocenters. The largest absolute Gasteiger partial charge is 0.507 e. The molecule has 4 rings (SSSR count). The lowest BCUT2D eigenvalue weighted by molar-refractivity contribution is 0.0882. The minimum absolute atomic E-state index is 0.0855. The third-order valence-electron chi connectivity index (χ3n) is 7.05. The van der Waals surface area contributed by atoms with E-state index in [1.54, 1.807) is 26.0 Å². The smallest absolute Gasteiger partial charge is 0.251 e. The number of hydrogen-bond acceptors (Lipinski definition) is 7. The highest BCUT2D eigenvalue weighted by Gasteiger charge is 2.28. The number of hydrogen-bond donors (Lipinski definition) is 5. The number of aromatic hydroxyl groups is 2. The SMILES string of the molecule is COc1ccc(O)c(C(=O)c2ccc(C(=O)N[C@@H]3CCCNC[C@H]3NC(=O)c3cc(C)c(O)c(C)c3)cc2)c1F. The molecule has 3 aromatic carbocycles. The number of amides is 2. The molecule has 1 aliphatic rings. The summed E-state index contributed by atoms with van der Waals surface area (Å²) in [7, 11) is 1.26. The number of methoxy groups -OCH3 is 1. The summed E-state index contributed by atoms with van der Waals surface area (Å²) in [5.41, 5.74) is 1.46. The van der Waals surface area contributed by atoms with Crippen molar-refractivity contribution in [1.82, 2.24) is 16.0 Å². The van der Waals surface area contributed by atoms with Crippen LogP contribution in [0.4, 0.5) is 4.39 Å². The standard InChI is InChI=1S/C30H32FN3O6/c1-16-13-20(14-17(2)27(16)36)30(39)34-22-15-32-12-4-5-21(22)33-29(38)19-8-6-18(7-9-19)28(37)25-23(35)10-11-24(40-3)26(25)31/h6-11,13-14,21-22,32,35-36H,4-5,12,15H2,1-3H3,(H,33,38)(H,34,39)/t21-,22-/m1/s1. The van der Waals surface area contributed by atoms with Gasteiger partial charge in [-0.15, -0.1) is 0 Å². The molecule has 0 aromatic heterocycles. The Morgan fingerprint density at radius 1 is 0.900 bits per heavy atom. The van der Waals surface area contributed by atoms with E-state index >= 15 is 0 Å². The monoisotopic (exact) mass is 549 g/mol. The quantitative estimate of drug-likeness (QED) is 0.285. The maximum atomic E-state index is 14.6. The molecule has 9 nitrogen and oxygen atoms in total. The summed E-state index contributed by atoms with van der Waals surface area (Å²) in [4.78, 5) is 39.1. The third-order valence-corrected chi connectivity index (χ3v) is 7.05. The average molecular weight is 550 g/mol. The predicted molar refractivity (Wildman–Crippen MR) is 147 cm³/mol. The van der Waals surface area contributed by atoms with Crippen molar-refractivity contribution in [2.24, 2.45) is 0 Å². The van der Waals surface area contributed by atoms with Gasteiger partial charge < -0.3 is 30.9 Å². The van der Waals surface area contributed by atoms with Gasteiger partial charge >= 0.3 is 0 Å². The van der Waals surface area contributed by atoms with Crippen LogP contribution < -0.4 is 20.7 Å². The second-order valence-corrected chi connectivity index (χ2v) is 9.85. The Kier molecular flexibility index (Phi) is 8.69. The fourth-order valence-corrected chi connectivity index (χ4v) is 4.80. The number of carbonyl (C=O) groups excluding carboxylic acids is 3. The lowest BCUT2D eigenvalue weighted by atomic mass is 9.99. The number of ether oxygens (including phenoxy) is 1. The zero-order chi connectivity index (χ0) is 29.0. The first-order chi connectivity index (χ1) is 19.1. The number of aryl methyl sites for hydroxylation is 2. The van der Waals surface area contributed by atoms with Gasteiger partial charge in [-0.2, -0.15) is 0 Å². The van der Waals surface area contributed by atoms with Crippen molar-refractivity contribution in [3.8, 4) is 17.2 Å². The first-order valence-corrected chi connectivity index (χ1v) is 12.9. The van der Waals surface area contributed by atoms with E-state index in [1.807, 2.05) is 0 Å². The maximum absolute atomic E-state index is 14.6. The zero-order valence-corrected chi connectivity index (χ0v) is 22.5. The molecule has 1 fully saturated rings. The molecule has 1 aliphatic heterocycles. The molecule has 0 aliphatic carbocycles. The average Bonchev–Trinajstić information content (AvgIpc) is 3.16. The van der Waals surface area contributed by atoms with Crippen LogP contribution >= 0.6 is 0 Å². The van der Waals surface area contributed by atoms with Gasteiger partial charge in [0.1, 0.15) is 17.1 Å². The van der Waals surface area contributed by atoms with Crippen LogP contribution in [0.5, 0.6) is 17.2 Å². The molecule has 10 heteroatoms. The number of ketones is 1. The molecular formula is C30H32FN3O6. The van der Waals surface area contributed by atoms with E-state index in [2.05, 4.69) is 16.0 Å². The molecule has 210 valence electrons. The molecule has 0 unspecified atom stereocenters. The van der Waals surface area contributed by atoms with Crippen molar-refractivity contribution in [2.45, 2.75) is 38.8 Å². The first kappa shape index (κ1) is 28.6. The molecule has 0 saturated carbocycles. The van der Waals surface area contributed by atoms with Gasteiger partial charge in [0.2, 0.25) is 0 Å². The lowest BCUT2D eigenvalue weighted by Crippen LogP contribution is -2.54. The van der Waals surface area contributed by atoms with Crippen LogP contribution in [-0.4, -0.2) is 60.1 Å². The molecular weight excluding hydrogens is 517 g/mol. The molecule has 1 saturated heterocycles. The Balaban J connectivity index is 1.48. The summed E-state index contributed by atoms with van der Waals surface area (Å²) < 4.78 is 19.5. The number of phenolic OH excluding ortho intramolecular Hbond substituents is 2. The van der Waals surface area contributed by atoms with Crippen LogP contribution in [0.3, 0.4) is 0 Å². The number of halogens is 1. The Morgan fingerprint density at radius 3 is 2.15 bits per heavy atom. The highest BCUT2D eigenvalue weighted by Crippen LogP contribution is 2.30. The Morgan fingerprint density at radius 2 is 1.50 bits per heavy atom. The van der Waals surface area contributed by atoms with Crippen molar-refractivity contribution in [3.05, 3.63) is 87.7 Å². The highest BCUT2D eigenvalue weighted by atomic mass is 19.1. The summed E-state index contributed by atoms with van der Waals surface area (Å²) >= 11 is 0. The van der Waals surface area contributed by atoms with Gasteiger partial charge in [-0.1, -0.05) is 12.1 Å². The van der Waals surface area contributed by atoms with Crippen molar-refractivity contribution in [3.63, 3.8) is 0 Å². The predicted octanol–water partition coefficient (Wildman–Crippen LogP) is 3.37. The van der Waals surface area contributed by atoms with Gasteiger partial charge in [0.05, 0.1) is 19.2 Å². The molecule has 1 heterocycles. The van der Waals surface area contributed by atoms with Gasteiger partial charge in [0.15, 0.2) is 17.3 Å². The number of carbonyl (C=O) groups is 3. The fraction of sp³-hybridized carbons (Fsp3) is 0.300. The second kappa shape index (κ2) is 12.2. The normalized spacial score (nSPS) is 17.0. The van der Waals surface area contributed by atoms with E-state index in [0.717, 1.165) is 13.0 Å². The Bertz CT molecular complexity index is 1420. The van der Waals surface area contributed by atoms with Crippen LogP contribution in [-0.2, 0) is 0 Å². The molecule has 0 spiro atoms. The minimum atomic E-state index is -0.970. The number of phenols is 2. The molecule has 3 aromatic rings. The summed E-state index contributed by atoms with van der Waals surface area (Å²) in [6.07, 6.45) is 1.42. The van der Waals surface area contributed by atoms with Crippen LogP contribution in [0.25, 0.3) is 0 Å². The highest BCUT2D eigenvalue weighted by molar-refractivity contribution is 6.11. The van der Waals surface area contributed by atoms with Crippen molar-refractivity contribution >= 4 is 17.6 Å². The van der Waals surface area contributed by atoms with Crippen LogP contribution in [0.15, 0.2) is 48.5 Å². The molecule has 0 radical (unpaired) electrons. The summed E-state index contributed by atoms with van der Waals surface area (Å²) in [5.74, 6) is -2.96. The second-order valence-electron chi connectivity index (χ2n) is 9.85. The van der Waals surface area contributed by atoms with Crippen molar-refractivity contribution < 1.29 is 33.7 Å². The number of rotatable bonds is 7. The minimum Gasteiger partial charge on any atom is -0.507 e. The Labute approximate surface area is 231 Å². The first-order valence-electron chi connectivity index (χ1n) is 12.9. The Hall–Kier alpha value is -4.44. The maximum Gasteiger partial charge on any atom is 0.251 e. The summed E-state index contributed by atoms with van der Waals surface area (Å²) in [6, 6.07) is 10.5. The van der Waals surface area contributed by atoms with Gasteiger partial charge in [0.25, 0.3) is 11.8 Å². The van der Waals surface area contributed by atoms with E-state index in [0.29, 0.717) is 29.7 Å². The fourth-order valence-electron chi connectivity index (χ4n) is 4.80. The van der Waals surface area contributed by atoms with Crippen LogP contribution in [0.1, 0.15) is 60.6 Å². The molecule has 5 N–H and O–H groups in total. The molecule has 0 bridgehead atoms. The van der Waals surface area contributed by atoms with E-state index in [4.69, 9.17) is 4.74 Å². The van der Waals surface area contributed by atoms with Gasteiger partial charge in [-0.3, -0.25) is 14.4 Å². The van der Waals surface area contributed by atoms with Crippen molar-refractivity contribution in [2.75, 3.05) is 20.2 Å². The van der Waals surface area contributed by atoms with E-state index in [9.17, 15) is 29.0 Å². The number of benzene rings is 3. The van der Waals surface area contributed by atoms with Gasteiger partial charge in [-0.05, 0) is 80.8 Å². The third kappa shape index (κ3) is 6.07. The molecule has 2 amide bonds. The van der Waals surface area contributed by atoms with E-state index < -0.39 is 34.9 Å². The summed E-state index contributed by atoms with van der Waals surface area (Å²) in [5, 5.41) is 29.4. The van der Waals surface area contributed by atoms with Crippen LogP contribution in [0.2, 0.25) is 0 Å². The van der Waals surface area contributed by atoms with Crippen molar-refractivity contribution in [1.29, 1.82) is 0 Å². The topological polar surface area (TPSA) is 137 Å². The zero-order valence-electron chi connectivity index (χ0n) is 22.5.